The SMILES string of the molecule is Cc1ccc2onc(Cn3c(=O)ccn([C@@H]4O[C@H](COP(=O)(O)O[PH](=O)O)[C@H](O)C4O)c3=O)c2c1. The normalized spacial score (nSPS) is 25.1. The predicted octanol–water partition coefficient (Wildman–Crippen LogP) is -0.357. The van der Waals surface area contributed by atoms with E-state index in [4.69, 9.17) is 14.2 Å². The molecule has 0 amide bonds. The van der Waals surface area contributed by atoms with E-state index in [1.165, 1.54) is 0 Å². The second-order valence-corrected chi connectivity index (χ2v) is 10.2. The summed E-state index contributed by atoms with van der Waals surface area (Å²) in [5.41, 5.74) is 0.136. The van der Waals surface area contributed by atoms with Gasteiger partial charge in [-0.05, 0) is 19.1 Å². The molecule has 35 heavy (non-hydrogen) atoms. The zero-order chi connectivity index (χ0) is 25.5. The number of benzene rings is 1. The van der Waals surface area contributed by atoms with E-state index in [-0.39, 0.29) is 6.54 Å². The van der Waals surface area contributed by atoms with Crippen LogP contribution in [0.4, 0.5) is 0 Å². The lowest BCUT2D eigenvalue weighted by Gasteiger charge is -2.18. The van der Waals surface area contributed by atoms with Crippen molar-refractivity contribution in [2.24, 2.45) is 0 Å². The Morgan fingerprint density at radius 2 is 1.97 bits per heavy atom. The molecule has 4 rings (SSSR count). The number of aromatic nitrogens is 3. The number of aryl methyl sites for hydroxylation is 1. The van der Waals surface area contributed by atoms with Gasteiger partial charge in [0.05, 0.1) is 13.2 Å². The average Bonchev–Trinajstić information content (AvgIpc) is 3.29. The van der Waals surface area contributed by atoms with Crippen LogP contribution < -0.4 is 11.2 Å². The molecule has 15 nitrogen and oxygen atoms in total. The van der Waals surface area contributed by atoms with Crippen molar-refractivity contribution >= 4 is 27.0 Å². The van der Waals surface area contributed by atoms with Gasteiger partial charge in [0, 0.05) is 17.6 Å². The molecule has 1 saturated heterocycles. The first-order valence-electron chi connectivity index (χ1n) is 10.0. The van der Waals surface area contributed by atoms with Crippen LogP contribution in [0, 0.1) is 6.92 Å². The van der Waals surface area contributed by atoms with E-state index in [1.54, 1.807) is 12.1 Å². The second kappa shape index (κ2) is 9.90. The number of rotatable bonds is 8. The van der Waals surface area contributed by atoms with Gasteiger partial charge in [0.2, 0.25) is 0 Å². The molecule has 0 saturated carbocycles. The Balaban J connectivity index is 1.58. The Hall–Kier alpha value is -2.45. The number of hydrogen-bond donors (Lipinski definition) is 4. The van der Waals surface area contributed by atoms with Gasteiger partial charge in [0.25, 0.3) is 5.56 Å². The molecular weight excluding hydrogens is 512 g/mol. The van der Waals surface area contributed by atoms with Gasteiger partial charge in [-0.2, -0.15) is 0 Å². The largest absolute Gasteiger partial charge is 0.479 e. The van der Waals surface area contributed by atoms with Crippen molar-refractivity contribution in [3.63, 3.8) is 0 Å². The highest BCUT2D eigenvalue weighted by molar-refractivity contribution is 7.55. The van der Waals surface area contributed by atoms with Gasteiger partial charge in [-0.25, -0.2) is 13.7 Å². The quantitative estimate of drug-likeness (QED) is 0.273. The fourth-order valence-electron chi connectivity index (χ4n) is 3.63. The van der Waals surface area contributed by atoms with Crippen LogP contribution in [0.25, 0.3) is 11.0 Å². The molecule has 0 radical (unpaired) electrons. The molecule has 3 heterocycles. The molecule has 3 aromatic rings. The van der Waals surface area contributed by atoms with Crippen LogP contribution in [-0.4, -0.2) is 59.2 Å². The van der Waals surface area contributed by atoms with Gasteiger partial charge in [0.1, 0.15) is 24.0 Å². The highest BCUT2D eigenvalue weighted by atomic mass is 31.2. The topological polar surface area (TPSA) is 213 Å². The maximum atomic E-state index is 13.1. The van der Waals surface area contributed by atoms with Gasteiger partial charge < -0.3 is 29.3 Å². The van der Waals surface area contributed by atoms with Crippen molar-refractivity contribution in [2.75, 3.05) is 6.61 Å². The number of hydrogen-bond acceptors (Lipinski definition) is 11. The Morgan fingerprint density at radius 3 is 2.69 bits per heavy atom. The van der Waals surface area contributed by atoms with E-state index in [2.05, 4.69) is 14.0 Å². The third-order valence-corrected chi connectivity index (χ3v) is 7.33. The Morgan fingerprint density at radius 1 is 1.23 bits per heavy atom. The molecule has 4 N–H and O–H groups in total. The summed E-state index contributed by atoms with van der Waals surface area (Å²) in [4.78, 5) is 43.6. The Labute approximate surface area is 196 Å². The maximum absolute atomic E-state index is 13.1. The number of phosphoric ester groups is 1. The van der Waals surface area contributed by atoms with Crippen LogP contribution in [-0.2, 0) is 29.2 Å². The number of phosphoric acid groups is 1. The minimum absolute atomic E-state index is 0.252. The van der Waals surface area contributed by atoms with Gasteiger partial charge in [0.15, 0.2) is 11.8 Å². The van der Waals surface area contributed by atoms with Gasteiger partial charge in [-0.3, -0.25) is 23.0 Å². The van der Waals surface area contributed by atoms with E-state index in [9.17, 15) is 33.8 Å². The first-order valence-corrected chi connectivity index (χ1v) is 12.8. The summed E-state index contributed by atoms with van der Waals surface area (Å²) in [6, 6.07) is 6.36. The first kappa shape index (κ1) is 25.6. The third-order valence-electron chi connectivity index (χ3n) is 5.31. The van der Waals surface area contributed by atoms with Crippen molar-refractivity contribution in [3.8, 4) is 0 Å². The monoisotopic (exact) mass is 533 g/mol. The number of aliphatic hydroxyl groups excluding tert-OH is 2. The van der Waals surface area contributed by atoms with Gasteiger partial charge >= 0.3 is 21.8 Å². The van der Waals surface area contributed by atoms with Crippen LogP contribution in [0.5, 0.6) is 0 Å². The van der Waals surface area contributed by atoms with Crippen molar-refractivity contribution < 1.29 is 47.2 Å². The molecule has 3 unspecified atom stereocenters. The molecule has 1 aliphatic rings. The van der Waals surface area contributed by atoms with Crippen LogP contribution in [0.3, 0.4) is 0 Å². The summed E-state index contributed by atoms with van der Waals surface area (Å²) < 4.78 is 43.0. The van der Waals surface area contributed by atoms with Crippen LogP contribution in [0.1, 0.15) is 17.5 Å². The van der Waals surface area contributed by atoms with E-state index in [0.29, 0.717) is 16.7 Å². The van der Waals surface area contributed by atoms with Crippen LogP contribution >= 0.6 is 16.1 Å². The third kappa shape index (κ3) is 5.38. The fourth-order valence-corrected chi connectivity index (χ4v) is 4.96. The maximum Gasteiger partial charge on any atom is 0.479 e. The molecule has 0 spiro atoms. The molecule has 190 valence electrons. The zero-order valence-corrected chi connectivity index (χ0v) is 19.8. The van der Waals surface area contributed by atoms with E-state index in [0.717, 1.165) is 27.0 Å². The van der Waals surface area contributed by atoms with Crippen molar-refractivity contribution in [3.05, 3.63) is 62.6 Å². The molecule has 2 aromatic heterocycles. The summed E-state index contributed by atoms with van der Waals surface area (Å²) >= 11 is 0. The molecule has 1 aliphatic heterocycles. The minimum Gasteiger partial charge on any atom is -0.387 e. The summed E-state index contributed by atoms with van der Waals surface area (Å²) in [5, 5.41) is 25.2. The number of aliphatic hydroxyl groups is 2. The van der Waals surface area contributed by atoms with Crippen LogP contribution in [0.15, 0.2) is 44.6 Å². The smallest absolute Gasteiger partial charge is 0.387 e. The summed E-state index contributed by atoms with van der Waals surface area (Å²) in [6.45, 7) is 0.781. The second-order valence-electron chi connectivity index (χ2n) is 7.73. The van der Waals surface area contributed by atoms with E-state index < -0.39 is 58.5 Å². The standard InChI is InChI=1S/C18H21N3O12P2/c1-9-2-3-12-10(6-9)11(19-32-12)7-21-14(22)4-5-20(18(21)25)17-16(24)15(23)13(31-17)8-30-35(28,29)33-34(26)27/h2-6,13,15-17,23-24,34H,7-8H2,1H3,(H,26,27)(H,28,29)/t13-,15+,16?,17-/m1/s1. The molecule has 17 heteroatoms. The fraction of sp³-hybridized carbons (Fsp3) is 0.389. The van der Waals surface area contributed by atoms with Crippen molar-refractivity contribution in [2.45, 2.75) is 38.0 Å². The van der Waals surface area contributed by atoms with Crippen molar-refractivity contribution in [1.29, 1.82) is 0 Å². The summed E-state index contributed by atoms with van der Waals surface area (Å²) in [5.74, 6) is 0. The molecular formula is C18H21N3O12P2. The molecule has 1 fully saturated rings. The lowest BCUT2D eigenvalue weighted by atomic mass is 10.1. The van der Waals surface area contributed by atoms with Crippen molar-refractivity contribution in [1.82, 2.24) is 14.3 Å². The van der Waals surface area contributed by atoms with Gasteiger partial charge in [-0.1, -0.05) is 16.8 Å². The average molecular weight is 533 g/mol. The predicted molar refractivity (Wildman–Crippen MR) is 117 cm³/mol. The molecule has 0 aliphatic carbocycles. The Kier molecular flexibility index (Phi) is 7.25. The van der Waals surface area contributed by atoms with Gasteiger partial charge in [-0.15, -0.1) is 0 Å². The van der Waals surface area contributed by atoms with Crippen LogP contribution in [0.2, 0.25) is 0 Å². The molecule has 1 aromatic carbocycles. The molecule has 6 atom stereocenters. The summed E-state index contributed by atoms with van der Waals surface area (Å²) in [7, 11) is -8.74. The molecule has 0 bridgehead atoms. The highest BCUT2D eigenvalue weighted by Crippen LogP contribution is 2.51. The number of nitrogens with zero attached hydrogens (tertiary/aromatic N) is 3. The number of ether oxygens (including phenoxy) is 1. The Bertz CT molecular complexity index is 1430. The lowest BCUT2D eigenvalue weighted by Crippen LogP contribution is -2.43. The first-order chi connectivity index (χ1) is 16.5. The zero-order valence-electron chi connectivity index (χ0n) is 18.0. The van der Waals surface area contributed by atoms with E-state index in [1.807, 2.05) is 13.0 Å². The summed E-state index contributed by atoms with van der Waals surface area (Å²) in [6.07, 6.45) is -5.23. The van der Waals surface area contributed by atoms with E-state index >= 15 is 0 Å². The highest BCUT2D eigenvalue weighted by Gasteiger charge is 2.45. The lowest BCUT2D eigenvalue weighted by molar-refractivity contribution is -0.0546. The minimum atomic E-state index is -4.94. The number of fused-ring (bicyclic) bond motifs is 1.